The van der Waals surface area contributed by atoms with Crippen LogP contribution in [0, 0.1) is 5.92 Å². The second-order valence-corrected chi connectivity index (χ2v) is 4.89. The maximum absolute atomic E-state index is 11.5. The summed E-state index contributed by atoms with van der Waals surface area (Å²) < 4.78 is 5.44. The molecule has 2 rings (SSSR count). The highest BCUT2D eigenvalue weighted by Gasteiger charge is 2.31. The van der Waals surface area contributed by atoms with E-state index < -0.39 is 6.10 Å². The maximum atomic E-state index is 11.5. The van der Waals surface area contributed by atoms with Crippen molar-refractivity contribution in [2.24, 2.45) is 10.9 Å². The minimum Gasteiger partial charge on any atom is -0.451 e. The topological polar surface area (TPSA) is 50.7 Å². The zero-order valence-electron chi connectivity index (χ0n) is 10.3. The predicted octanol–water partition coefficient (Wildman–Crippen LogP) is 2.37. The third kappa shape index (κ3) is 2.82. The molecule has 0 saturated heterocycles. The number of nitrogens with zero attached hydrogens (tertiary/aromatic N) is 1. The van der Waals surface area contributed by atoms with Gasteiger partial charge in [0.2, 0.25) is 0 Å². The van der Waals surface area contributed by atoms with Gasteiger partial charge in [-0.15, -0.1) is 0 Å². The van der Waals surface area contributed by atoms with Gasteiger partial charge in [-0.3, -0.25) is 4.79 Å². The zero-order chi connectivity index (χ0) is 13.1. The van der Waals surface area contributed by atoms with Crippen molar-refractivity contribution in [3.8, 4) is 0 Å². The first-order valence-electron chi connectivity index (χ1n) is 5.84. The number of aliphatic imine (C=N–C) groups is 1. The van der Waals surface area contributed by atoms with Crippen molar-refractivity contribution in [3.05, 3.63) is 34.9 Å². The van der Waals surface area contributed by atoms with Crippen LogP contribution in [0.15, 0.2) is 29.3 Å². The van der Waals surface area contributed by atoms with Crippen LogP contribution in [0.4, 0.5) is 0 Å². The summed E-state index contributed by atoms with van der Waals surface area (Å²) in [6.07, 6.45) is -0.473. The maximum Gasteiger partial charge on any atom is 0.293 e. The van der Waals surface area contributed by atoms with Gasteiger partial charge in [0.05, 0.1) is 0 Å². The Kier molecular flexibility index (Phi) is 3.87. The molecular formula is C13H15ClN2O2. The molecule has 1 amide bonds. The minimum atomic E-state index is -0.473. The summed E-state index contributed by atoms with van der Waals surface area (Å²) in [6.45, 7) is 4.33. The van der Waals surface area contributed by atoms with Crippen molar-refractivity contribution < 1.29 is 9.53 Å². The molecule has 96 valence electrons. The number of amidine groups is 1. The van der Waals surface area contributed by atoms with E-state index in [0.29, 0.717) is 11.6 Å². The first-order valence-corrected chi connectivity index (χ1v) is 6.22. The number of nitrogens with one attached hydrogen (secondary N) is 1. The van der Waals surface area contributed by atoms with E-state index in [0.717, 1.165) is 5.56 Å². The number of hydrogen-bond acceptors (Lipinski definition) is 3. The lowest BCUT2D eigenvalue weighted by Crippen LogP contribution is -2.29. The predicted molar refractivity (Wildman–Crippen MR) is 70.4 cm³/mol. The molecule has 0 spiro atoms. The number of rotatable bonds is 3. The Morgan fingerprint density at radius 1 is 1.44 bits per heavy atom. The fourth-order valence-electron chi connectivity index (χ4n) is 1.68. The van der Waals surface area contributed by atoms with Crippen LogP contribution in [0.1, 0.15) is 19.4 Å². The fourth-order valence-corrected chi connectivity index (χ4v) is 1.88. The lowest BCUT2D eigenvalue weighted by molar-refractivity contribution is -0.124. The Balaban J connectivity index is 1.95. The highest BCUT2D eigenvalue weighted by molar-refractivity contribution is 6.31. The van der Waals surface area contributed by atoms with Crippen LogP contribution in [-0.2, 0) is 16.1 Å². The van der Waals surface area contributed by atoms with E-state index >= 15 is 0 Å². The third-order valence-corrected chi connectivity index (χ3v) is 3.06. The Morgan fingerprint density at radius 2 is 2.17 bits per heavy atom. The molecule has 1 unspecified atom stereocenters. The smallest absolute Gasteiger partial charge is 0.293 e. The van der Waals surface area contributed by atoms with Gasteiger partial charge < -0.3 is 10.1 Å². The highest BCUT2D eigenvalue weighted by Crippen LogP contribution is 2.16. The second-order valence-electron chi connectivity index (χ2n) is 4.48. The van der Waals surface area contributed by atoms with Crippen LogP contribution in [0.2, 0.25) is 5.02 Å². The Bertz CT molecular complexity index is 486. The van der Waals surface area contributed by atoms with E-state index in [9.17, 15) is 4.79 Å². The molecule has 1 aromatic carbocycles. The minimum absolute atomic E-state index is 0.112. The number of carbonyl (C=O) groups excluding carboxylic acids is 1. The summed E-state index contributed by atoms with van der Waals surface area (Å²) in [7, 11) is 0. The zero-order valence-corrected chi connectivity index (χ0v) is 11.1. The van der Waals surface area contributed by atoms with Gasteiger partial charge in [-0.25, -0.2) is 0 Å². The molecule has 0 fully saturated rings. The summed E-state index contributed by atoms with van der Waals surface area (Å²) in [6, 6.07) is 7.78. The lowest BCUT2D eigenvalue weighted by atomic mass is 10.1. The van der Waals surface area contributed by atoms with Gasteiger partial charge in [0.1, 0.15) is 0 Å². The lowest BCUT2D eigenvalue weighted by Gasteiger charge is -2.13. The van der Waals surface area contributed by atoms with Crippen molar-refractivity contribution in [2.45, 2.75) is 26.5 Å². The molecule has 1 N–H and O–H groups in total. The molecule has 1 aliphatic heterocycles. The Hall–Kier alpha value is -1.55. The largest absolute Gasteiger partial charge is 0.451 e. The van der Waals surface area contributed by atoms with E-state index in [-0.39, 0.29) is 17.8 Å². The van der Waals surface area contributed by atoms with Gasteiger partial charge >= 0.3 is 0 Å². The van der Waals surface area contributed by atoms with Gasteiger partial charge in [0, 0.05) is 11.6 Å². The number of carbonyl (C=O) groups is 1. The first-order chi connectivity index (χ1) is 8.58. The summed E-state index contributed by atoms with van der Waals surface area (Å²) in [4.78, 5) is 15.4. The number of ether oxygens (including phenoxy) is 1. The van der Waals surface area contributed by atoms with Gasteiger partial charge in [0.25, 0.3) is 11.9 Å². The molecule has 1 atom stereocenters. The van der Waals surface area contributed by atoms with Crippen LogP contribution >= 0.6 is 11.6 Å². The molecule has 1 aromatic rings. The van der Waals surface area contributed by atoms with Crippen LogP contribution in [0.5, 0.6) is 0 Å². The number of halogens is 1. The van der Waals surface area contributed by atoms with Crippen molar-refractivity contribution >= 4 is 23.5 Å². The van der Waals surface area contributed by atoms with Crippen molar-refractivity contribution in [3.63, 3.8) is 0 Å². The first kappa shape index (κ1) is 12.9. The van der Waals surface area contributed by atoms with Gasteiger partial charge in [0.15, 0.2) is 6.10 Å². The third-order valence-electron chi connectivity index (χ3n) is 2.69. The number of hydrogen-bond donors (Lipinski definition) is 1. The van der Waals surface area contributed by atoms with E-state index in [2.05, 4.69) is 10.3 Å². The van der Waals surface area contributed by atoms with E-state index in [1.165, 1.54) is 0 Å². The summed E-state index contributed by atoms with van der Waals surface area (Å²) in [5, 5.41) is 3.65. The molecule has 1 aliphatic rings. The monoisotopic (exact) mass is 266 g/mol. The molecular weight excluding hydrogens is 252 g/mol. The molecule has 0 aliphatic carbocycles. The van der Waals surface area contributed by atoms with Crippen LogP contribution in [0.3, 0.4) is 0 Å². The van der Waals surface area contributed by atoms with Crippen LogP contribution in [0.25, 0.3) is 0 Å². The second kappa shape index (κ2) is 5.40. The molecule has 0 radical (unpaired) electrons. The van der Waals surface area contributed by atoms with Crippen molar-refractivity contribution in [1.82, 2.24) is 5.32 Å². The molecule has 0 bridgehead atoms. The quantitative estimate of drug-likeness (QED) is 0.914. The van der Waals surface area contributed by atoms with E-state index in [1.54, 1.807) is 0 Å². The molecule has 0 aromatic heterocycles. The van der Waals surface area contributed by atoms with Crippen molar-refractivity contribution in [1.29, 1.82) is 0 Å². The Morgan fingerprint density at radius 3 is 2.78 bits per heavy atom. The Labute approximate surface area is 111 Å². The normalized spacial score (nSPS) is 18.8. The summed E-state index contributed by atoms with van der Waals surface area (Å²) in [5.74, 6) is -0.118. The van der Waals surface area contributed by atoms with E-state index in [4.69, 9.17) is 16.3 Å². The summed E-state index contributed by atoms with van der Waals surface area (Å²) in [5.41, 5.74) is 0.936. The number of benzene rings is 1. The SMILES string of the molecule is CC(C)C1OC(NCc2ccccc2Cl)=NC1=O. The molecule has 0 saturated carbocycles. The van der Waals surface area contributed by atoms with Gasteiger partial charge in [-0.2, -0.15) is 4.99 Å². The summed E-state index contributed by atoms with van der Waals surface area (Å²) >= 11 is 6.03. The molecule has 4 nitrogen and oxygen atoms in total. The number of amides is 1. The van der Waals surface area contributed by atoms with Crippen LogP contribution in [-0.4, -0.2) is 18.0 Å². The van der Waals surface area contributed by atoms with Crippen molar-refractivity contribution in [2.75, 3.05) is 0 Å². The van der Waals surface area contributed by atoms with Gasteiger partial charge in [-0.1, -0.05) is 43.6 Å². The molecule has 5 heteroatoms. The van der Waals surface area contributed by atoms with Gasteiger partial charge in [-0.05, 0) is 17.5 Å². The molecule has 1 heterocycles. The van der Waals surface area contributed by atoms with Crippen LogP contribution < -0.4 is 5.32 Å². The molecule has 18 heavy (non-hydrogen) atoms. The standard InChI is InChI=1S/C13H15ClN2O2/c1-8(2)11-12(17)16-13(18-11)15-7-9-5-3-4-6-10(9)14/h3-6,8,11H,7H2,1-2H3,(H,15,16,17). The average molecular weight is 267 g/mol. The average Bonchev–Trinajstić information content (AvgIpc) is 2.70. The fraction of sp³-hybridized carbons (Fsp3) is 0.385. The highest BCUT2D eigenvalue weighted by atomic mass is 35.5. The van der Waals surface area contributed by atoms with E-state index in [1.807, 2.05) is 38.1 Å².